The summed E-state index contributed by atoms with van der Waals surface area (Å²) in [5, 5.41) is 43.8. The highest BCUT2D eigenvalue weighted by molar-refractivity contribution is 5.62. The van der Waals surface area contributed by atoms with E-state index in [0.717, 1.165) is 5.56 Å². The third-order valence-electron chi connectivity index (χ3n) is 7.69. The number of aliphatic hydroxyl groups is 3. The van der Waals surface area contributed by atoms with E-state index < -0.39 is 47.7 Å². The molecule has 2 bridgehead atoms. The van der Waals surface area contributed by atoms with Crippen molar-refractivity contribution in [1.29, 1.82) is 0 Å². The first-order valence-electron chi connectivity index (χ1n) is 11.8. The van der Waals surface area contributed by atoms with Gasteiger partial charge in [-0.1, -0.05) is 6.07 Å². The van der Waals surface area contributed by atoms with E-state index in [1.165, 1.54) is 6.07 Å². The number of likely N-dealkylation sites (tertiary alicyclic amines) is 1. The van der Waals surface area contributed by atoms with Crippen LogP contribution >= 0.6 is 0 Å². The second kappa shape index (κ2) is 5.17. The smallest absolute Gasteiger partial charge is 0.165 e. The van der Waals surface area contributed by atoms with Gasteiger partial charge in [0.15, 0.2) is 11.5 Å². The lowest BCUT2D eigenvalue weighted by atomic mass is 9.48. The van der Waals surface area contributed by atoms with E-state index in [9.17, 15) is 20.4 Å². The maximum absolute atomic E-state index is 12.2. The summed E-state index contributed by atoms with van der Waals surface area (Å²) in [6, 6.07) is 2.58. The van der Waals surface area contributed by atoms with Crippen molar-refractivity contribution >= 4 is 0 Å². The summed E-state index contributed by atoms with van der Waals surface area (Å²) in [6.45, 7) is -1.78. The van der Waals surface area contributed by atoms with Gasteiger partial charge >= 0.3 is 0 Å². The molecule has 2 heterocycles. The number of phenols is 1. The van der Waals surface area contributed by atoms with Gasteiger partial charge in [-0.25, -0.2) is 0 Å². The molecule has 146 valence electrons. The summed E-state index contributed by atoms with van der Waals surface area (Å²) in [5.41, 5.74) is -1.16. The van der Waals surface area contributed by atoms with Crippen molar-refractivity contribution in [3.8, 4) is 11.5 Å². The molecule has 0 aromatic heterocycles. The number of ether oxygens (including phenoxy) is 1. The number of hydrogen-bond acceptors (Lipinski definition) is 6. The predicted octanol–water partition coefficient (Wildman–Crippen LogP) is 0.678. The number of piperidine rings is 1. The van der Waals surface area contributed by atoms with E-state index in [-0.39, 0.29) is 43.7 Å². The van der Waals surface area contributed by atoms with E-state index in [1.54, 1.807) is 11.0 Å². The Morgan fingerprint density at radius 2 is 2.07 bits per heavy atom. The maximum Gasteiger partial charge on any atom is 0.165 e. The summed E-state index contributed by atoms with van der Waals surface area (Å²) in [4.78, 5) is 1.60. The third kappa shape index (κ3) is 1.81. The van der Waals surface area contributed by atoms with Gasteiger partial charge in [-0.2, -0.15) is 0 Å². The standard InChI is InChI=1S/C21H27NO5/c23-13-3-2-12(13)10-22-8-7-20-17-11-1-4-14(24)18(17)27-19(20)15(25)5-6-21(20,26)16(22)9-11/h1,4,12-13,15-16,19,23-26H,2-3,5-10H2/t12?,13?,15-,16+,19-,20-,21+/m0/s1/i10D2,13D,15D. The van der Waals surface area contributed by atoms with Crippen LogP contribution in [0.25, 0.3) is 0 Å². The largest absolute Gasteiger partial charge is 0.504 e. The van der Waals surface area contributed by atoms with Gasteiger partial charge in [0, 0.05) is 20.8 Å². The molecule has 3 fully saturated rings. The van der Waals surface area contributed by atoms with Crippen molar-refractivity contribution < 1.29 is 30.6 Å². The zero-order chi connectivity index (χ0) is 22.2. The third-order valence-corrected chi connectivity index (χ3v) is 7.69. The van der Waals surface area contributed by atoms with Gasteiger partial charge in [-0.05, 0) is 62.6 Å². The van der Waals surface area contributed by atoms with Gasteiger partial charge in [0.1, 0.15) is 6.10 Å². The van der Waals surface area contributed by atoms with Crippen LogP contribution in [0.5, 0.6) is 11.5 Å². The Morgan fingerprint density at radius 3 is 2.81 bits per heavy atom. The quantitative estimate of drug-likeness (QED) is 0.606. The molecule has 0 amide bonds. The average molecular weight is 377 g/mol. The molecule has 2 saturated carbocycles. The second-order valence-electron chi connectivity index (χ2n) is 8.71. The Balaban J connectivity index is 1.53. The lowest BCUT2D eigenvalue weighted by molar-refractivity contribution is -0.211. The zero-order valence-electron chi connectivity index (χ0n) is 19.0. The molecule has 3 aliphatic carbocycles. The molecule has 2 unspecified atom stereocenters. The molecule has 6 heteroatoms. The summed E-state index contributed by atoms with van der Waals surface area (Å²) < 4.78 is 40.3. The van der Waals surface area contributed by atoms with Gasteiger partial charge in [-0.15, -0.1) is 0 Å². The monoisotopic (exact) mass is 377 g/mol. The van der Waals surface area contributed by atoms with Crippen LogP contribution in [0.1, 0.15) is 48.7 Å². The molecule has 6 nitrogen and oxygen atoms in total. The van der Waals surface area contributed by atoms with Crippen molar-refractivity contribution in [2.75, 3.05) is 13.0 Å². The number of phenolic OH excluding ortho intramolecular Hbond substituents is 1. The van der Waals surface area contributed by atoms with Crippen LogP contribution in [0.3, 0.4) is 0 Å². The molecule has 0 radical (unpaired) electrons. The number of benzene rings is 1. The van der Waals surface area contributed by atoms with Crippen molar-refractivity contribution in [2.24, 2.45) is 5.92 Å². The first-order chi connectivity index (χ1) is 14.4. The van der Waals surface area contributed by atoms with Crippen LogP contribution in [0.2, 0.25) is 0 Å². The Morgan fingerprint density at radius 1 is 1.22 bits per heavy atom. The van der Waals surface area contributed by atoms with Crippen molar-refractivity contribution in [3.05, 3.63) is 23.3 Å². The molecule has 1 spiro atoms. The molecule has 4 N–H and O–H groups in total. The lowest BCUT2D eigenvalue weighted by Crippen LogP contribution is -2.77. The van der Waals surface area contributed by atoms with E-state index in [1.807, 2.05) is 0 Å². The summed E-state index contributed by atoms with van der Waals surface area (Å²) in [6.07, 6.45) is -3.65. The van der Waals surface area contributed by atoms with E-state index in [0.29, 0.717) is 18.4 Å². The second-order valence-corrected chi connectivity index (χ2v) is 8.71. The van der Waals surface area contributed by atoms with Crippen LogP contribution in [-0.2, 0) is 11.8 Å². The van der Waals surface area contributed by atoms with Crippen LogP contribution in [-0.4, -0.2) is 68.3 Å². The zero-order valence-corrected chi connectivity index (χ0v) is 15.0. The van der Waals surface area contributed by atoms with Gasteiger partial charge < -0.3 is 25.2 Å². The minimum Gasteiger partial charge on any atom is -0.504 e. The van der Waals surface area contributed by atoms with Crippen LogP contribution < -0.4 is 4.74 Å². The van der Waals surface area contributed by atoms with Gasteiger partial charge in [0.25, 0.3) is 0 Å². The molecule has 27 heavy (non-hydrogen) atoms. The normalized spacial score (nSPS) is 55.3. The van der Waals surface area contributed by atoms with Crippen molar-refractivity contribution in [1.82, 2.24) is 4.90 Å². The van der Waals surface area contributed by atoms with Gasteiger partial charge in [0.2, 0.25) is 0 Å². The van der Waals surface area contributed by atoms with E-state index in [4.69, 9.17) is 10.2 Å². The highest BCUT2D eigenvalue weighted by Gasteiger charge is 2.72. The first kappa shape index (κ1) is 13.0. The minimum atomic E-state index is -2.00. The minimum absolute atomic E-state index is 0.0425. The average Bonchev–Trinajstić information content (AvgIpc) is 3.02. The van der Waals surface area contributed by atoms with Crippen molar-refractivity contribution in [3.63, 3.8) is 0 Å². The fourth-order valence-electron chi connectivity index (χ4n) is 6.25. The highest BCUT2D eigenvalue weighted by atomic mass is 16.5. The maximum atomic E-state index is 12.2. The summed E-state index contributed by atoms with van der Waals surface area (Å²) in [5.74, 6) is -0.768. The molecule has 2 aliphatic heterocycles. The highest BCUT2D eigenvalue weighted by Crippen LogP contribution is 2.65. The van der Waals surface area contributed by atoms with Crippen LogP contribution in [0, 0.1) is 5.92 Å². The Bertz CT molecular complexity index is 987. The predicted molar refractivity (Wildman–Crippen MR) is 96.8 cm³/mol. The summed E-state index contributed by atoms with van der Waals surface area (Å²) in [7, 11) is 0. The molecular formula is C21H27NO5. The van der Waals surface area contributed by atoms with E-state index >= 15 is 0 Å². The van der Waals surface area contributed by atoms with Crippen molar-refractivity contribution in [2.45, 2.75) is 73.8 Å². The Kier molecular flexibility index (Phi) is 2.49. The summed E-state index contributed by atoms with van der Waals surface area (Å²) >= 11 is 0. The molecule has 7 atom stereocenters. The lowest BCUT2D eigenvalue weighted by Gasteiger charge is -2.64. The molecule has 1 aromatic carbocycles. The van der Waals surface area contributed by atoms with Crippen LogP contribution in [0.15, 0.2) is 12.1 Å². The number of nitrogens with zero attached hydrogens (tertiary/aromatic N) is 1. The van der Waals surface area contributed by atoms with Gasteiger partial charge in [-0.3, -0.25) is 4.90 Å². The fourth-order valence-corrected chi connectivity index (χ4v) is 6.25. The molecular weight excluding hydrogens is 346 g/mol. The number of hydrogen-bond donors (Lipinski definition) is 4. The molecule has 6 rings (SSSR count). The number of rotatable bonds is 2. The molecule has 5 aliphatic rings. The fraction of sp³-hybridized carbons (Fsp3) is 0.714. The Hall–Kier alpha value is -1.34. The Labute approximate surface area is 164 Å². The van der Waals surface area contributed by atoms with E-state index in [2.05, 4.69) is 0 Å². The number of aromatic hydroxyl groups is 1. The molecule has 1 aromatic rings. The van der Waals surface area contributed by atoms with Gasteiger partial charge in [0.05, 0.1) is 25.9 Å². The first-order valence-corrected chi connectivity index (χ1v) is 9.82. The topological polar surface area (TPSA) is 93.4 Å². The SMILES string of the molecule is [2H]C1(O)CCC1C([2H])([2H])N1CC[C@]23c4c5ccc(O)c4O[C@H]2[C@@]([2H])(O)CC[C@@]3(O)[C@H]1C5. The van der Waals surface area contributed by atoms with Crippen LogP contribution in [0.4, 0.5) is 0 Å². The molecule has 1 saturated heterocycles.